The Morgan fingerprint density at radius 3 is 1.32 bits per heavy atom. The van der Waals surface area contributed by atoms with Crippen LogP contribution in [-0.4, -0.2) is 161 Å². The van der Waals surface area contributed by atoms with E-state index >= 15 is 0 Å². The summed E-state index contributed by atoms with van der Waals surface area (Å²) in [6, 6.07) is -3.37. The number of carbonyl (C=O) groups is 12. The molecule has 0 aliphatic carbocycles. The third-order valence-corrected chi connectivity index (χ3v) is 8.70. The van der Waals surface area contributed by atoms with Gasteiger partial charge in [-0.15, -0.1) is 5.10 Å². The molecule has 28 heteroatoms. The van der Waals surface area contributed by atoms with Crippen molar-refractivity contribution in [1.82, 2.24) is 46.9 Å². The molecule has 0 radical (unpaired) electrons. The first-order valence-corrected chi connectivity index (χ1v) is 19.3. The number of benzene rings is 1. The number of rotatable bonds is 30. The highest BCUT2D eigenvalue weighted by Crippen LogP contribution is 2.16. The summed E-state index contributed by atoms with van der Waals surface area (Å²) in [6.45, 7) is -1.50. The Labute approximate surface area is 365 Å². The minimum Gasteiger partial charge on any atom is -0.481 e. The molecule has 1 aromatic heterocycles. The average molecular weight is 924 g/mol. The molecule has 4 atom stereocenters. The Balaban J connectivity index is 2.12. The molecule has 354 valence electrons. The van der Waals surface area contributed by atoms with E-state index in [1.807, 2.05) is 10.6 Å². The Kier molecular flexibility index (Phi) is 21.6. The highest BCUT2D eigenvalue weighted by Gasteiger charge is 2.29. The van der Waals surface area contributed by atoms with E-state index in [2.05, 4.69) is 31.6 Å². The van der Waals surface area contributed by atoms with Crippen molar-refractivity contribution in [3.8, 4) is 5.69 Å². The largest absolute Gasteiger partial charge is 0.481 e. The summed E-state index contributed by atoms with van der Waals surface area (Å²) in [5, 5.41) is 75.8. The van der Waals surface area contributed by atoms with Crippen molar-refractivity contribution in [2.45, 2.75) is 88.4 Å². The summed E-state index contributed by atoms with van der Waals surface area (Å²) in [5.74, 6) is -15.1. The van der Waals surface area contributed by atoms with E-state index in [1.54, 1.807) is 0 Å². The van der Waals surface area contributed by atoms with Gasteiger partial charge in [-0.2, -0.15) is 0 Å². The minimum atomic E-state index is -1.85. The number of alkyl halides is 1. The van der Waals surface area contributed by atoms with E-state index in [-0.39, 0.29) is 29.7 Å². The molecule has 27 nitrogen and oxygen atoms in total. The number of carbonyl (C=O) groups excluding carboxylic acids is 6. The molecule has 2 aromatic rings. The fraction of sp³-hybridized carbons (Fsp3) is 0.459. The van der Waals surface area contributed by atoms with Crippen LogP contribution in [0.25, 0.3) is 5.69 Å². The number of hydrogen-bond acceptors (Lipinski definition) is 14. The molecule has 12 N–H and O–H groups in total. The Morgan fingerprint density at radius 2 is 0.954 bits per heavy atom. The number of aryl methyl sites for hydroxylation is 1. The summed E-state index contributed by atoms with van der Waals surface area (Å²) in [4.78, 5) is 144. The highest BCUT2D eigenvalue weighted by atomic mass is 19.1. The lowest BCUT2D eigenvalue weighted by atomic mass is 10.1. The van der Waals surface area contributed by atoms with Crippen LogP contribution in [0.4, 0.5) is 4.39 Å². The van der Waals surface area contributed by atoms with Gasteiger partial charge < -0.3 is 62.5 Å². The van der Waals surface area contributed by atoms with E-state index in [1.165, 1.54) is 23.0 Å². The van der Waals surface area contributed by atoms with Crippen LogP contribution in [0, 0.1) is 0 Å². The van der Waals surface area contributed by atoms with Gasteiger partial charge >= 0.3 is 35.8 Å². The van der Waals surface area contributed by atoms with Crippen molar-refractivity contribution in [2.75, 3.05) is 19.8 Å². The van der Waals surface area contributed by atoms with Crippen molar-refractivity contribution >= 4 is 71.3 Å². The van der Waals surface area contributed by atoms with E-state index < -0.39 is 167 Å². The lowest BCUT2D eigenvalue weighted by Gasteiger charge is -2.17. The SMILES string of the molecule is O=C(O)CCC(NC(=O)CC(NC(=O)CCNC(=O)c1cc(C(=O)NCCC(=O)NC(CC(=O)N[C@@H](CCC(=O)O)C(=O)O)C(=O)O)cc(-n2cc(CCCF)nn2)c1)C(=O)O)C(=O)O. The zero-order chi connectivity index (χ0) is 48.8. The summed E-state index contributed by atoms with van der Waals surface area (Å²) in [6.07, 6.45) is -3.47. The number of nitrogens with one attached hydrogen (secondary N) is 6. The molecule has 1 heterocycles. The standard InChI is InChI=1S/C37H46FN9O18/c38-9-1-2-20-17-47(46-45-20)21-13-18(32(56)39-10-7-26(48)43-24(36(62)63)15-28(50)41-22(34(58)59)3-5-30(52)53)12-19(14-21)33(57)40-11-8-27(49)44-25(37(64)65)16-29(51)42-23(35(60)61)4-6-31(54)55/h12-14,17,22-25H,1-11,15-16H2,(H,39,56)(H,40,57)(H,41,50)(H,42,51)(H,43,48)(H,44,49)(H,52,53)(H,54,55)(H,58,59)(H,60,61)(H,62,63)(H,64,65)/t22-,23?,24?,25?/m0/s1. The van der Waals surface area contributed by atoms with E-state index in [9.17, 15) is 82.4 Å². The second kappa shape index (κ2) is 26.4. The Hall–Kier alpha value is -8.07. The summed E-state index contributed by atoms with van der Waals surface area (Å²) < 4.78 is 13.9. The van der Waals surface area contributed by atoms with Crippen molar-refractivity contribution in [1.29, 1.82) is 0 Å². The van der Waals surface area contributed by atoms with Crippen LogP contribution in [0.5, 0.6) is 0 Å². The third kappa shape index (κ3) is 19.7. The van der Waals surface area contributed by atoms with Gasteiger partial charge in [-0.05, 0) is 43.9 Å². The first-order valence-electron chi connectivity index (χ1n) is 19.3. The van der Waals surface area contributed by atoms with E-state index in [0.717, 1.165) is 6.07 Å². The quantitative estimate of drug-likeness (QED) is 0.0376. The van der Waals surface area contributed by atoms with Crippen LogP contribution < -0.4 is 31.9 Å². The average Bonchev–Trinajstić information content (AvgIpc) is 3.71. The summed E-state index contributed by atoms with van der Waals surface area (Å²) in [5.41, 5.74) is 0.0507. The maximum Gasteiger partial charge on any atom is 0.326 e. The lowest BCUT2D eigenvalue weighted by Crippen LogP contribution is -2.47. The fourth-order valence-corrected chi connectivity index (χ4v) is 5.44. The maximum atomic E-state index is 13.3. The molecule has 0 saturated heterocycles. The number of carboxylic acid groups (broad SMARTS) is 6. The first kappa shape index (κ1) is 53.1. The molecule has 0 aliphatic rings. The molecule has 0 spiro atoms. The topological polar surface area (TPSA) is 429 Å². The second-order valence-electron chi connectivity index (χ2n) is 13.8. The third-order valence-electron chi connectivity index (χ3n) is 8.70. The number of aliphatic carboxylic acids is 6. The van der Waals surface area contributed by atoms with E-state index in [0.29, 0.717) is 5.69 Å². The second-order valence-corrected chi connectivity index (χ2v) is 13.8. The van der Waals surface area contributed by atoms with Gasteiger partial charge in [-0.1, -0.05) is 5.21 Å². The minimum absolute atomic E-state index is 0.0867. The zero-order valence-electron chi connectivity index (χ0n) is 34.1. The number of hydrogen-bond donors (Lipinski definition) is 12. The van der Waals surface area contributed by atoms with Gasteiger partial charge in [0.25, 0.3) is 11.8 Å². The van der Waals surface area contributed by atoms with Crippen molar-refractivity contribution < 1.29 is 92.6 Å². The van der Waals surface area contributed by atoms with Crippen molar-refractivity contribution in [3.63, 3.8) is 0 Å². The Morgan fingerprint density at radius 1 is 0.554 bits per heavy atom. The van der Waals surface area contributed by atoms with Gasteiger partial charge in [0.15, 0.2) is 0 Å². The van der Waals surface area contributed by atoms with Crippen LogP contribution >= 0.6 is 0 Å². The molecule has 65 heavy (non-hydrogen) atoms. The molecule has 0 aliphatic heterocycles. The first-order chi connectivity index (χ1) is 30.6. The maximum absolute atomic E-state index is 13.3. The molecule has 1 aromatic carbocycles. The molecular weight excluding hydrogens is 877 g/mol. The highest BCUT2D eigenvalue weighted by molar-refractivity contribution is 6.01. The van der Waals surface area contributed by atoms with Gasteiger partial charge in [-0.25, -0.2) is 23.9 Å². The van der Waals surface area contributed by atoms with Crippen LogP contribution in [-0.2, 0) is 54.4 Å². The smallest absolute Gasteiger partial charge is 0.326 e. The lowest BCUT2D eigenvalue weighted by molar-refractivity contribution is -0.145. The van der Waals surface area contributed by atoms with Crippen LogP contribution in [0.15, 0.2) is 24.4 Å². The molecule has 2 rings (SSSR count). The molecule has 0 fully saturated rings. The van der Waals surface area contributed by atoms with Gasteiger partial charge in [0.05, 0.1) is 37.1 Å². The number of nitrogens with zero attached hydrogens (tertiary/aromatic N) is 3. The number of amides is 6. The zero-order valence-corrected chi connectivity index (χ0v) is 34.1. The van der Waals surface area contributed by atoms with Crippen molar-refractivity contribution in [2.24, 2.45) is 0 Å². The van der Waals surface area contributed by atoms with Gasteiger partial charge in [0, 0.05) is 49.9 Å². The summed E-state index contributed by atoms with van der Waals surface area (Å²) >= 11 is 0. The van der Waals surface area contributed by atoms with E-state index in [4.69, 9.17) is 10.2 Å². The van der Waals surface area contributed by atoms with Crippen molar-refractivity contribution in [3.05, 3.63) is 41.2 Å². The molecule has 0 bridgehead atoms. The molecule has 6 amide bonds. The normalized spacial score (nSPS) is 12.5. The predicted octanol–water partition coefficient (Wildman–Crippen LogP) is -2.80. The van der Waals surface area contributed by atoms with Gasteiger partial charge in [-0.3, -0.25) is 42.7 Å². The molecule has 0 saturated carbocycles. The van der Waals surface area contributed by atoms with Crippen LogP contribution in [0.1, 0.15) is 84.2 Å². The van der Waals surface area contributed by atoms with Gasteiger partial charge in [0.2, 0.25) is 23.6 Å². The summed E-state index contributed by atoms with van der Waals surface area (Å²) in [7, 11) is 0. The monoisotopic (exact) mass is 923 g/mol. The van der Waals surface area contributed by atoms with Gasteiger partial charge in [0.1, 0.15) is 24.2 Å². The number of aromatic nitrogens is 3. The number of carboxylic acids is 6. The molecule has 3 unspecified atom stereocenters. The van der Waals surface area contributed by atoms with Crippen LogP contribution in [0.3, 0.4) is 0 Å². The Bertz CT molecular complexity index is 2010. The molecular formula is C37H46FN9O18. The predicted molar refractivity (Wildman–Crippen MR) is 211 cm³/mol. The number of halogens is 1. The fourth-order valence-electron chi connectivity index (χ4n) is 5.44. The van der Waals surface area contributed by atoms with Crippen LogP contribution in [0.2, 0.25) is 0 Å².